The van der Waals surface area contributed by atoms with Crippen LogP contribution in [0.4, 0.5) is 0 Å². The first-order chi connectivity index (χ1) is 9.90. The van der Waals surface area contributed by atoms with Crippen molar-refractivity contribution in [1.29, 1.82) is 0 Å². The lowest BCUT2D eigenvalue weighted by molar-refractivity contribution is 0.222. The van der Waals surface area contributed by atoms with Crippen molar-refractivity contribution in [3.63, 3.8) is 0 Å². The van der Waals surface area contributed by atoms with Crippen LogP contribution in [-0.4, -0.2) is 32.9 Å². The predicted molar refractivity (Wildman–Crippen MR) is 86.3 cm³/mol. The summed E-state index contributed by atoms with van der Waals surface area (Å²) in [5.41, 5.74) is 1.99. The van der Waals surface area contributed by atoms with Crippen molar-refractivity contribution >= 4 is 10.0 Å². The Labute approximate surface area is 128 Å². The van der Waals surface area contributed by atoms with E-state index in [1.165, 1.54) is 0 Å². The summed E-state index contributed by atoms with van der Waals surface area (Å²) >= 11 is 0. The van der Waals surface area contributed by atoms with Crippen LogP contribution in [0.3, 0.4) is 0 Å². The summed E-state index contributed by atoms with van der Waals surface area (Å²) in [6, 6.07) is 7.81. The monoisotopic (exact) mass is 310 g/mol. The van der Waals surface area contributed by atoms with Crippen molar-refractivity contribution < 1.29 is 8.42 Å². The molecular weight excluding hydrogens is 284 g/mol. The van der Waals surface area contributed by atoms with Crippen LogP contribution < -0.4 is 5.32 Å². The second-order valence-electron chi connectivity index (χ2n) is 6.37. The average molecular weight is 310 g/mol. The Bertz CT molecular complexity index is 561. The fourth-order valence-electron chi connectivity index (χ4n) is 3.17. The van der Waals surface area contributed by atoms with Crippen molar-refractivity contribution in [2.45, 2.75) is 32.6 Å². The van der Waals surface area contributed by atoms with Crippen LogP contribution in [0.25, 0.3) is 0 Å². The van der Waals surface area contributed by atoms with E-state index < -0.39 is 10.0 Å². The lowest BCUT2D eigenvalue weighted by Gasteiger charge is -2.34. The zero-order valence-corrected chi connectivity index (χ0v) is 14.0. The second kappa shape index (κ2) is 6.90. The highest BCUT2D eigenvalue weighted by atomic mass is 32.2. The fraction of sp³-hybridized carbons (Fsp3) is 0.625. The van der Waals surface area contributed by atoms with Gasteiger partial charge in [0, 0.05) is 19.6 Å². The highest BCUT2D eigenvalue weighted by Gasteiger charge is 2.30. The molecule has 21 heavy (non-hydrogen) atoms. The van der Waals surface area contributed by atoms with Gasteiger partial charge in [-0.15, -0.1) is 0 Å². The first-order valence-electron chi connectivity index (χ1n) is 7.61. The summed E-state index contributed by atoms with van der Waals surface area (Å²) in [5, 5.41) is 3.09. The largest absolute Gasteiger partial charge is 0.316 e. The Morgan fingerprint density at radius 2 is 1.81 bits per heavy atom. The van der Waals surface area contributed by atoms with Gasteiger partial charge >= 0.3 is 0 Å². The lowest BCUT2D eigenvalue weighted by Crippen LogP contribution is -2.43. The number of nitrogens with one attached hydrogen (secondary N) is 1. The number of hydrogen-bond acceptors (Lipinski definition) is 3. The minimum absolute atomic E-state index is 0.101. The van der Waals surface area contributed by atoms with E-state index in [0.717, 1.165) is 24.1 Å². The molecule has 1 aromatic carbocycles. The molecule has 0 radical (unpaired) electrons. The van der Waals surface area contributed by atoms with Crippen LogP contribution in [0.2, 0.25) is 0 Å². The molecule has 1 fully saturated rings. The van der Waals surface area contributed by atoms with Crippen LogP contribution in [0.5, 0.6) is 0 Å². The van der Waals surface area contributed by atoms with Crippen molar-refractivity contribution in [1.82, 2.24) is 9.62 Å². The molecule has 2 atom stereocenters. The van der Waals surface area contributed by atoms with Gasteiger partial charge in [-0.2, -0.15) is 0 Å². The van der Waals surface area contributed by atoms with E-state index in [1.54, 1.807) is 4.31 Å². The molecule has 1 saturated heterocycles. The van der Waals surface area contributed by atoms with E-state index in [-0.39, 0.29) is 5.75 Å². The molecule has 118 valence electrons. The number of nitrogens with zero attached hydrogens (tertiary/aromatic N) is 1. The number of benzene rings is 1. The van der Waals surface area contributed by atoms with Crippen molar-refractivity contribution in [3.8, 4) is 0 Å². The molecule has 1 aliphatic heterocycles. The third kappa shape index (κ3) is 4.53. The average Bonchev–Trinajstić information content (AvgIpc) is 2.38. The summed E-state index contributed by atoms with van der Waals surface area (Å²) in [6.07, 6.45) is 1.11. The standard InChI is InChI=1S/C16H26N2O2S/c1-13-7-14(2)11-18(10-13)21(19,20)12-16-6-4-5-15(8-16)9-17-3/h4-6,8,13-14,17H,7,9-12H2,1-3H3. The van der Waals surface area contributed by atoms with Gasteiger partial charge in [-0.1, -0.05) is 38.1 Å². The maximum Gasteiger partial charge on any atom is 0.218 e. The SMILES string of the molecule is CNCc1cccc(CS(=O)(=O)N2CC(C)CC(C)C2)c1. The Morgan fingerprint density at radius 1 is 1.19 bits per heavy atom. The predicted octanol–water partition coefficient (Wildman–Crippen LogP) is 2.21. The zero-order chi connectivity index (χ0) is 15.5. The van der Waals surface area contributed by atoms with Crippen molar-refractivity contribution in [2.24, 2.45) is 11.8 Å². The lowest BCUT2D eigenvalue weighted by atomic mass is 9.94. The number of sulfonamides is 1. The Kier molecular flexibility index (Phi) is 5.41. The van der Waals surface area contributed by atoms with Crippen LogP contribution in [0.15, 0.2) is 24.3 Å². The number of hydrogen-bond donors (Lipinski definition) is 1. The van der Waals surface area contributed by atoms with Gasteiger partial charge in [-0.05, 0) is 36.4 Å². The van der Waals surface area contributed by atoms with Gasteiger partial charge in [-0.3, -0.25) is 0 Å². The maximum absolute atomic E-state index is 12.6. The van der Waals surface area contributed by atoms with E-state index in [0.29, 0.717) is 24.9 Å². The quantitative estimate of drug-likeness (QED) is 0.907. The molecule has 4 nitrogen and oxygen atoms in total. The van der Waals surface area contributed by atoms with E-state index in [9.17, 15) is 8.42 Å². The molecule has 1 aromatic rings. The molecule has 0 spiro atoms. The molecule has 2 rings (SSSR count). The zero-order valence-electron chi connectivity index (χ0n) is 13.2. The first-order valence-corrected chi connectivity index (χ1v) is 9.22. The Hall–Kier alpha value is -0.910. The van der Waals surface area contributed by atoms with Gasteiger partial charge in [-0.25, -0.2) is 12.7 Å². The molecule has 1 N–H and O–H groups in total. The molecule has 0 bridgehead atoms. The molecular formula is C16H26N2O2S. The van der Waals surface area contributed by atoms with Gasteiger partial charge in [0.1, 0.15) is 0 Å². The fourth-order valence-corrected chi connectivity index (χ4v) is 4.91. The molecule has 0 saturated carbocycles. The molecule has 0 aromatic heterocycles. The van der Waals surface area contributed by atoms with E-state index in [1.807, 2.05) is 31.3 Å². The molecule has 1 aliphatic rings. The Balaban J connectivity index is 2.11. The Morgan fingerprint density at radius 3 is 2.43 bits per heavy atom. The van der Waals surface area contributed by atoms with E-state index in [2.05, 4.69) is 19.2 Å². The van der Waals surface area contributed by atoms with Crippen molar-refractivity contribution in [3.05, 3.63) is 35.4 Å². The summed E-state index contributed by atoms with van der Waals surface area (Å²) in [6.45, 7) is 6.33. The highest BCUT2D eigenvalue weighted by Crippen LogP contribution is 2.24. The number of piperidine rings is 1. The third-order valence-corrected chi connectivity index (χ3v) is 5.73. The molecule has 1 heterocycles. The summed E-state index contributed by atoms with van der Waals surface area (Å²) in [5.74, 6) is 0.989. The maximum atomic E-state index is 12.6. The third-order valence-electron chi connectivity index (χ3n) is 3.95. The summed E-state index contributed by atoms with van der Waals surface area (Å²) < 4.78 is 26.9. The minimum atomic E-state index is -3.22. The molecule has 0 amide bonds. The molecule has 5 heteroatoms. The normalized spacial score (nSPS) is 24.1. The number of rotatable bonds is 5. The topological polar surface area (TPSA) is 49.4 Å². The van der Waals surface area contributed by atoms with Gasteiger partial charge in [0.25, 0.3) is 0 Å². The van der Waals surface area contributed by atoms with E-state index >= 15 is 0 Å². The molecule has 0 aliphatic carbocycles. The summed E-state index contributed by atoms with van der Waals surface area (Å²) in [4.78, 5) is 0. The van der Waals surface area contributed by atoms with Crippen LogP contribution in [0, 0.1) is 11.8 Å². The molecule has 2 unspecified atom stereocenters. The smallest absolute Gasteiger partial charge is 0.218 e. The van der Waals surface area contributed by atoms with E-state index in [4.69, 9.17) is 0 Å². The van der Waals surface area contributed by atoms with Gasteiger partial charge in [0.05, 0.1) is 5.75 Å². The minimum Gasteiger partial charge on any atom is -0.316 e. The van der Waals surface area contributed by atoms with Gasteiger partial charge < -0.3 is 5.32 Å². The van der Waals surface area contributed by atoms with Crippen molar-refractivity contribution in [2.75, 3.05) is 20.1 Å². The summed E-state index contributed by atoms with van der Waals surface area (Å²) in [7, 11) is -1.33. The van der Waals surface area contributed by atoms with Crippen LogP contribution in [0.1, 0.15) is 31.4 Å². The second-order valence-corrected chi connectivity index (χ2v) is 8.34. The highest BCUT2D eigenvalue weighted by molar-refractivity contribution is 7.88. The van der Waals surface area contributed by atoms with Gasteiger partial charge in [0.2, 0.25) is 10.0 Å². The van der Waals surface area contributed by atoms with Crippen LogP contribution >= 0.6 is 0 Å². The van der Waals surface area contributed by atoms with Gasteiger partial charge in [0.15, 0.2) is 0 Å². The first kappa shape index (κ1) is 16.5. The van der Waals surface area contributed by atoms with Crippen LogP contribution in [-0.2, 0) is 22.3 Å².